The van der Waals surface area contributed by atoms with Crippen molar-refractivity contribution in [2.24, 2.45) is 0 Å². The SMILES string of the molecule is COc1ccc(C2CN(Cc3c(C)noc3C)CCC2NC(=O)Nc2ccc(Cl)cc2)nc1. The minimum absolute atomic E-state index is 0.0149. The molecule has 2 unspecified atom stereocenters. The van der Waals surface area contributed by atoms with Gasteiger partial charge in [-0.25, -0.2) is 4.79 Å². The summed E-state index contributed by atoms with van der Waals surface area (Å²) in [5, 5.41) is 10.7. The van der Waals surface area contributed by atoms with Crippen LogP contribution in [0.1, 0.15) is 35.1 Å². The van der Waals surface area contributed by atoms with Gasteiger partial charge < -0.3 is 19.9 Å². The van der Waals surface area contributed by atoms with Crippen LogP contribution < -0.4 is 15.4 Å². The van der Waals surface area contributed by atoms with E-state index in [0.29, 0.717) is 16.5 Å². The van der Waals surface area contributed by atoms with E-state index >= 15 is 0 Å². The predicted molar refractivity (Wildman–Crippen MR) is 127 cm³/mol. The molecule has 2 atom stereocenters. The van der Waals surface area contributed by atoms with Gasteiger partial charge in [-0.15, -0.1) is 0 Å². The molecular formula is C24H28ClN5O3. The van der Waals surface area contributed by atoms with E-state index in [1.807, 2.05) is 26.0 Å². The average molecular weight is 470 g/mol. The first-order chi connectivity index (χ1) is 15.9. The number of hydrogen-bond donors (Lipinski definition) is 2. The molecule has 2 N–H and O–H groups in total. The van der Waals surface area contributed by atoms with Crippen molar-refractivity contribution in [2.45, 2.75) is 38.8 Å². The molecule has 1 saturated heterocycles. The van der Waals surface area contributed by atoms with Crippen LogP contribution in [0.4, 0.5) is 10.5 Å². The Labute approximate surface area is 198 Å². The number of carbonyl (C=O) groups excluding carboxylic acids is 1. The number of amides is 2. The number of nitrogens with one attached hydrogen (secondary N) is 2. The first kappa shape index (κ1) is 23.1. The predicted octanol–water partition coefficient (Wildman–Crippen LogP) is 4.53. The second kappa shape index (κ2) is 10.2. The summed E-state index contributed by atoms with van der Waals surface area (Å²) >= 11 is 5.94. The lowest BCUT2D eigenvalue weighted by molar-refractivity contribution is 0.166. The zero-order chi connectivity index (χ0) is 23.4. The monoisotopic (exact) mass is 469 g/mol. The summed E-state index contributed by atoms with van der Waals surface area (Å²) in [4.78, 5) is 19.7. The fourth-order valence-electron chi connectivity index (χ4n) is 4.19. The molecule has 1 aliphatic heterocycles. The summed E-state index contributed by atoms with van der Waals surface area (Å²) in [5.74, 6) is 1.56. The maximum Gasteiger partial charge on any atom is 0.319 e. The van der Waals surface area contributed by atoms with Crippen LogP contribution in [0, 0.1) is 13.8 Å². The van der Waals surface area contributed by atoms with Crippen molar-refractivity contribution in [1.29, 1.82) is 0 Å². The van der Waals surface area contributed by atoms with Crippen LogP contribution in [-0.2, 0) is 6.54 Å². The van der Waals surface area contributed by atoms with E-state index in [4.69, 9.17) is 20.9 Å². The van der Waals surface area contributed by atoms with Crippen LogP contribution in [-0.4, -0.2) is 47.3 Å². The maximum absolute atomic E-state index is 12.7. The van der Waals surface area contributed by atoms with Gasteiger partial charge in [0, 0.05) is 53.6 Å². The van der Waals surface area contributed by atoms with Gasteiger partial charge in [-0.05, 0) is 56.7 Å². The van der Waals surface area contributed by atoms with E-state index in [-0.39, 0.29) is 18.0 Å². The van der Waals surface area contributed by atoms with E-state index in [1.165, 1.54) is 0 Å². The number of benzene rings is 1. The molecule has 0 radical (unpaired) electrons. The molecule has 9 heteroatoms. The summed E-state index contributed by atoms with van der Waals surface area (Å²) in [6.07, 6.45) is 2.50. The van der Waals surface area contributed by atoms with E-state index in [9.17, 15) is 4.79 Å². The summed E-state index contributed by atoms with van der Waals surface area (Å²) in [6, 6.07) is 10.6. The summed E-state index contributed by atoms with van der Waals surface area (Å²) in [6.45, 7) is 6.23. The second-order valence-electron chi connectivity index (χ2n) is 8.27. The third-order valence-electron chi connectivity index (χ3n) is 6.05. The number of anilines is 1. The Morgan fingerprint density at radius 3 is 2.67 bits per heavy atom. The zero-order valence-corrected chi connectivity index (χ0v) is 19.7. The van der Waals surface area contributed by atoms with Crippen LogP contribution in [0.3, 0.4) is 0 Å². The number of aryl methyl sites for hydroxylation is 2. The molecule has 1 aromatic carbocycles. The highest BCUT2D eigenvalue weighted by Gasteiger charge is 2.33. The number of pyridine rings is 1. The van der Waals surface area contributed by atoms with Crippen LogP contribution >= 0.6 is 11.6 Å². The molecule has 0 aliphatic carbocycles. The number of nitrogens with zero attached hydrogens (tertiary/aromatic N) is 3. The highest BCUT2D eigenvalue weighted by atomic mass is 35.5. The third-order valence-corrected chi connectivity index (χ3v) is 6.31. The molecule has 1 fully saturated rings. The molecule has 0 saturated carbocycles. The molecule has 2 aromatic heterocycles. The molecule has 0 spiro atoms. The van der Waals surface area contributed by atoms with Gasteiger partial charge in [0.1, 0.15) is 11.5 Å². The molecule has 8 nitrogen and oxygen atoms in total. The highest BCUT2D eigenvalue weighted by molar-refractivity contribution is 6.30. The van der Waals surface area contributed by atoms with Gasteiger partial charge in [0.05, 0.1) is 19.0 Å². The molecule has 1 aliphatic rings. The van der Waals surface area contributed by atoms with Crippen molar-refractivity contribution in [2.75, 3.05) is 25.5 Å². The molecular weight excluding hydrogens is 442 g/mol. The number of halogens is 1. The number of aromatic nitrogens is 2. The smallest absolute Gasteiger partial charge is 0.319 e. The minimum atomic E-state index is -0.250. The number of piperidine rings is 1. The molecule has 174 valence electrons. The van der Waals surface area contributed by atoms with Crippen LogP contribution in [0.2, 0.25) is 5.02 Å². The molecule has 0 bridgehead atoms. The molecule has 2 amide bonds. The molecule has 3 aromatic rings. The van der Waals surface area contributed by atoms with E-state index < -0.39 is 0 Å². The largest absolute Gasteiger partial charge is 0.495 e. The Kier molecular flexibility index (Phi) is 7.15. The number of rotatable bonds is 6. The summed E-state index contributed by atoms with van der Waals surface area (Å²) in [5.41, 5.74) is 3.63. The maximum atomic E-state index is 12.7. The van der Waals surface area contributed by atoms with Gasteiger partial charge in [0.2, 0.25) is 0 Å². The van der Waals surface area contributed by atoms with Crippen molar-refractivity contribution < 1.29 is 14.1 Å². The van der Waals surface area contributed by atoms with Crippen molar-refractivity contribution in [3.05, 3.63) is 70.3 Å². The summed E-state index contributed by atoms with van der Waals surface area (Å²) in [7, 11) is 1.62. The molecule has 4 rings (SSSR count). The van der Waals surface area contributed by atoms with Crippen molar-refractivity contribution in [1.82, 2.24) is 20.4 Å². The van der Waals surface area contributed by atoms with Crippen molar-refractivity contribution >= 4 is 23.3 Å². The van der Waals surface area contributed by atoms with Crippen LogP contribution in [0.5, 0.6) is 5.75 Å². The Balaban J connectivity index is 1.49. The van der Waals surface area contributed by atoms with Gasteiger partial charge in [0.25, 0.3) is 0 Å². The lowest BCUT2D eigenvalue weighted by atomic mass is 9.88. The number of ether oxygens (including phenoxy) is 1. The number of carbonyl (C=O) groups is 1. The van der Waals surface area contributed by atoms with Gasteiger partial charge in [0.15, 0.2) is 0 Å². The number of urea groups is 1. The zero-order valence-electron chi connectivity index (χ0n) is 19.0. The normalized spacial score (nSPS) is 18.7. The Bertz CT molecular complexity index is 1060. The minimum Gasteiger partial charge on any atom is -0.495 e. The van der Waals surface area contributed by atoms with Gasteiger partial charge in [-0.1, -0.05) is 16.8 Å². The van der Waals surface area contributed by atoms with E-state index in [2.05, 4.69) is 25.7 Å². The van der Waals surface area contributed by atoms with Gasteiger partial charge >= 0.3 is 6.03 Å². The Hall–Kier alpha value is -3.10. The molecule has 33 heavy (non-hydrogen) atoms. The van der Waals surface area contributed by atoms with Gasteiger partial charge in [-0.2, -0.15) is 0 Å². The van der Waals surface area contributed by atoms with Crippen molar-refractivity contribution in [3.63, 3.8) is 0 Å². The number of likely N-dealkylation sites (tertiary alicyclic amines) is 1. The number of methoxy groups -OCH3 is 1. The van der Waals surface area contributed by atoms with Crippen molar-refractivity contribution in [3.8, 4) is 5.75 Å². The fraction of sp³-hybridized carbons (Fsp3) is 0.375. The fourth-order valence-corrected chi connectivity index (χ4v) is 4.31. The first-order valence-corrected chi connectivity index (χ1v) is 11.3. The molecule has 3 heterocycles. The van der Waals surface area contributed by atoms with Gasteiger partial charge in [-0.3, -0.25) is 9.88 Å². The topological polar surface area (TPSA) is 92.5 Å². The van der Waals surface area contributed by atoms with Crippen LogP contribution in [0.25, 0.3) is 0 Å². The highest BCUT2D eigenvalue weighted by Crippen LogP contribution is 2.29. The number of hydrogen-bond acceptors (Lipinski definition) is 6. The lowest BCUT2D eigenvalue weighted by Crippen LogP contribution is -2.50. The van der Waals surface area contributed by atoms with Crippen LogP contribution in [0.15, 0.2) is 47.1 Å². The second-order valence-corrected chi connectivity index (χ2v) is 8.70. The lowest BCUT2D eigenvalue weighted by Gasteiger charge is -2.38. The van der Waals surface area contributed by atoms with E-state index in [0.717, 1.165) is 48.8 Å². The standard InChI is InChI=1S/C24H28ClN5O3/c1-15-20(16(2)33-29-15)13-30-11-10-23(21(14-30)22-9-8-19(32-3)12-26-22)28-24(31)27-18-6-4-17(25)5-7-18/h4-9,12,21,23H,10-11,13-14H2,1-3H3,(H2,27,28,31). The van der Waals surface area contributed by atoms with E-state index in [1.54, 1.807) is 37.6 Å². The quantitative estimate of drug-likeness (QED) is 0.551. The third kappa shape index (κ3) is 5.64. The first-order valence-electron chi connectivity index (χ1n) is 10.9. The Morgan fingerprint density at radius 2 is 2.03 bits per heavy atom. The average Bonchev–Trinajstić information content (AvgIpc) is 3.13. The summed E-state index contributed by atoms with van der Waals surface area (Å²) < 4.78 is 10.6. The Morgan fingerprint density at radius 1 is 1.24 bits per heavy atom.